The molecule has 130 valence electrons. The summed E-state index contributed by atoms with van der Waals surface area (Å²) in [6.07, 6.45) is 1.73. The molecule has 2 rings (SSSR count). The van der Waals surface area contributed by atoms with Crippen molar-refractivity contribution in [2.75, 3.05) is 13.7 Å². The second kappa shape index (κ2) is 6.88. The van der Waals surface area contributed by atoms with Crippen molar-refractivity contribution in [3.8, 4) is 0 Å². The Morgan fingerprint density at radius 1 is 1.29 bits per heavy atom. The third kappa shape index (κ3) is 3.67. The van der Waals surface area contributed by atoms with Crippen molar-refractivity contribution in [3.05, 3.63) is 39.8 Å². The number of carbonyl (C=O) groups excluding carboxylic acids is 1. The van der Waals surface area contributed by atoms with Crippen LogP contribution in [0.15, 0.2) is 23.7 Å². The topological polar surface area (TPSA) is 65.0 Å². The molecule has 0 aromatic heterocycles. The van der Waals surface area contributed by atoms with Crippen LogP contribution in [0.1, 0.15) is 43.6 Å². The minimum atomic E-state index is -0.655. The number of benzene rings is 1. The minimum absolute atomic E-state index is 0.229. The largest absolute Gasteiger partial charge is 0.492 e. The Labute approximate surface area is 147 Å². The lowest BCUT2D eigenvalue weighted by Crippen LogP contribution is -2.41. The Balaban J connectivity index is 2.34. The second-order valence-electron chi connectivity index (χ2n) is 6.70. The highest BCUT2D eigenvalue weighted by atomic mass is 35.5. The summed E-state index contributed by atoms with van der Waals surface area (Å²) < 4.78 is 16.6. The molecule has 0 bridgehead atoms. The Kier molecular flexibility index (Phi) is 5.45. The van der Waals surface area contributed by atoms with Gasteiger partial charge in [-0.25, -0.2) is 4.79 Å². The maximum absolute atomic E-state index is 11.7. The molecule has 1 saturated heterocycles. The summed E-state index contributed by atoms with van der Waals surface area (Å²) >= 11 is 6.02. The van der Waals surface area contributed by atoms with Gasteiger partial charge < -0.3 is 19.2 Å². The van der Waals surface area contributed by atoms with E-state index in [2.05, 4.69) is 0 Å². The number of aliphatic hydroxyl groups is 1. The maximum atomic E-state index is 11.7. The Morgan fingerprint density at radius 3 is 2.38 bits per heavy atom. The molecular weight excluding hydrogens is 330 g/mol. The van der Waals surface area contributed by atoms with Crippen molar-refractivity contribution < 1.29 is 23.9 Å². The molecule has 0 radical (unpaired) electrons. The quantitative estimate of drug-likeness (QED) is 0.666. The fourth-order valence-corrected chi connectivity index (χ4v) is 2.49. The van der Waals surface area contributed by atoms with E-state index >= 15 is 0 Å². The van der Waals surface area contributed by atoms with Gasteiger partial charge in [-0.15, -0.1) is 0 Å². The van der Waals surface area contributed by atoms with E-state index in [9.17, 15) is 9.90 Å². The van der Waals surface area contributed by atoms with Gasteiger partial charge in [-0.1, -0.05) is 23.7 Å². The highest BCUT2D eigenvalue weighted by Crippen LogP contribution is 2.38. The van der Waals surface area contributed by atoms with Gasteiger partial charge in [0.05, 0.1) is 35.5 Å². The van der Waals surface area contributed by atoms with Crippen LogP contribution in [-0.4, -0.2) is 43.1 Å². The molecule has 0 saturated carbocycles. The molecule has 24 heavy (non-hydrogen) atoms. The SMILES string of the molecule is COC(=O)c1cc(C=C(CO)B2OC(C)(C)C(C)(C)O2)ccc1Cl. The number of aliphatic hydroxyl groups excluding tert-OH is 1. The van der Waals surface area contributed by atoms with Gasteiger partial charge in [-0.05, 0) is 50.9 Å². The van der Waals surface area contributed by atoms with E-state index in [0.717, 1.165) is 0 Å². The summed E-state index contributed by atoms with van der Waals surface area (Å²) in [6.45, 7) is 7.55. The van der Waals surface area contributed by atoms with Crippen molar-refractivity contribution in [1.29, 1.82) is 0 Å². The van der Waals surface area contributed by atoms with Gasteiger partial charge in [0.2, 0.25) is 0 Å². The van der Waals surface area contributed by atoms with E-state index in [1.165, 1.54) is 7.11 Å². The monoisotopic (exact) mass is 352 g/mol. The second-order valence-corrected chi connectivity index (χ2v) is 7.10. The zero-order chi connectivity index (χ0) is 18.1. The first-order chi connectivity index (χ1) is 11.1. The van der Waals surface area contributed by atoms with Gasteiger partial charge in [0.1, 0.15) is 0 Å². The number of hydrogen-bond donors (Lipinski definition) is 1. The van der Waals surface area contributed by atoms with Crippen molar-refractivity contribution in [1.82, 2.24) is 0 Å². The third-order valence-electron chi connectivity index (χ3n) is 4.49. The fourth-order valence-electron chi connectivity index (χ4n) is 2.30. The molecule has 1 aromatic carbocycles. The molecule has 0 amide bonds. The van der Waals surface area contributed by atoms with Gasteiger partial charge >= 0.3 is 13.1 Å². The van der Waals surface area contributed by atoms with E-state index < -0.39 is 24.3 Å². The zero-order valence-electron chi connectivity index (χ0n) is 14.6. The number of hydrogen-bond acceptors (Lipinski definition) is 5. The van der Waals surface area contributed by atoms with E-state index in [1.54, 1.807) is 24.3 Å². The molecule has 7 heteroatoms. The number of ether oxygens (including phenoxy) is 1. The van der Waals surface area contributed by atoms with Gasteiger partial charge in [0.15, 0.2) is 0 Å². The number of halogens is 1. The maximum Gasteiger partial charge on any atom is 0.492 e. The molecule has 0 atom stereocenters. The summed E-state index contributed by atoms with van der Waals surface area (Å²) in [6, 6.07) is 4.96. The van der Waals surface area contributed by atoms with Gasteiger partial charge in [0.25, 0.3) is 0 Å². The van der Waals surface area contributed by atoms with Crippen LogP contribution in [0.2, 0.25) is 5.02 Å². The summed E-state index contributed by atoms with van der Waals surface area (Å²) in [4.78, 5) is 11.7. The number of methoxy groups -OCH3 is 1. The number of esters is 1. The van der Waals surface area contributed by atoms with Gasteiger partial charge in [0, 0.05) is 0 Å². The summed E-state index contributed by atoms with van der Waals surface area (Å²) in [7, 11) is 0.641. The molecule has 0 unspecified atom stereocenters. The molecule has 1 fully saturated rings. The lowest BCUT2D eigenvalue weighted by molar-refractivity contribution is 0.00578. The van der Waals surface area contributed by atoms with E-state index in [-0.39, 0.29) is 12.2 Å². The van der Waals surface area contributed by atoms with Crippen molar-refractivity contribution in [2.24, 2.45) is 0 Å². The molecule has 1 aliphatic heterocycles. The predicted molar refractivity (Wildman–Crippen MR) is 93.9 cm³/mol. The number of rotatable bonds is 4. The molecule has 0 aliphatic carbocycles. The average molecular weight is 353 g/mol. The van der Waals surface area contributed by atoms with Crippen molar-refractivity contribution in [3.63, 3.8) is 0 Å². The smallest absolute Gasteiger partial charge is 0.465 e. The van der Waals surface area contributed by atoms with Crippen LogP contribution in [0.3, 0.4) is 0 Å². The first-order valence-corrected chi connectivity index (χ1v) is 8.04. The molecular formula is C17H22BClO5. The van der Waals surface area contributed by atoms with Gasteiger partial charge in [-0.3, -0.25) is 0 Å². The lowest BCUT2D eigenvalue weighted by atomic mass is 9.77. The normalized spacial score (nSPS) is 19.5. The lowest BCUT2D eigenvalue weighted by Gasteiger charge is -2.32. The molecule has 1 heterocycles. The standard InChI is InChI=1S/C17H22BClO5/c1-16(2)17(3,4)24-18(23-16)12(10-20)8-11-6-7-14(19)13(9-11)15(21)22-5/h6-9,20H,10H2,1-5H3. The first kappa shape index (κ1) is 19.0. The van der Waals surface area contributed by atoms with E-state index in [4.69, 9.17) is 25.6 Å². The zero-order valence-corrected chi connectivity index (χ0v) is 15.3. The highest BCUT2D eigenvalue weighted by Gasteiger charge is 2.52. The molecule has 5 nitrogen and oxygen atoms in total. The van der Waals surface area contributed by atoms with Gasteiger partial charge in [-0.2, -0.15) is 0 Å². The Bertz CT molecular complexity index is 653. The third-order valence-corrected chi connectivity index (χ3v) is 4.82. The minimum Gasteiger partial charge on any atom is -0.465 e. The number of carbonyl (C=O) groups is 1. The Hall–Kier alpha value is -1.34. The fraction of sp³-hybridized carbons (Fsp3) is 0.471. The van der Waals surface area contributed by atoms with Crippen LogP contribution in [0.5, 0.6) is 0 Å². The van der Waals surface area contributed by atoms with Crippen LogP contribution in [-0.2, 0) is 14.0 Å². The van der Waals surface area contributed by atoms with E-state index in [1.807, 2.05) is 27.7 Å². The van der Waals surface area contributed by atoms with Crippen LogP contribution in [0, 0.1) is 0 Å². The summed E-state index contributed by atoms with van der Waals surface area (Å²) in [5.74, 6) is -0.517. The average Bonchev–Trinajstić information content (AvgIpc) is 2.73. The summed E-state index contributed by atoms with van der Waals surface area (Å²) in [5.41, 5.74) is 0.524. The van der Waals surface area contributed by atoms with Crippen molar-refractivity contribution >= 4 is 30.8 Å². The predicted octanol–water partition coefficient (Wildman–Crippen LogP) is 3.13. The molecule has 1 aliphatic rings. The van der Waals surface area contributed by atoms with Crippen LogP contribution < -0.4 is 0 Å². The molecule has 1 N–H and O–H groups in total. The molecule has 1 aromatic rings. The first-order valence-electron chi connectivity index (χ1n) is 7.66. The van der Waals surface area contributed by atoms with Crippen LogP contribution in [0.25, 0.3) is 6.08 Å². The van der Waals surface area contributed by atoms with Crippen LogP contribution in [0.4, 0.5) is 0 Å². The Morgan fingerprint density at radius 2 is 1.88 bits per heavy atom. The summed E-state index contributed by atoms with van der Waals surface area (Å²) in [5, 5.41) is 10.0. The van der Waals surface area contributed by atoms with Crippen molar-refractivity contribution in [2.45, 2.75) is 38.9 Å². The van der Waals surface area contributed by atoms with E-state index in [0.29, 0.717) is 16.1 Å². The highest BCUT2D eigenvalue weighted by molar-refractivity contribution is 6.55. The molecule has 0 spiro atoms. The van der Waals surface area contributed by atoms with Crippen LogP contribution >= 0.6 is 11.6 Å².